The van der Waals surface area contributed by atoms with Crippen molar-refractivity contribution in [3.63, 3.8) is 0 Å². The van der Waals surface area contributed by atoms with E-state index in [-0.39, 0.29) is 18.0 Å². The third kappa shape index (κ3) is 5.03. The molecule has 1 rings (SSSR count). The van der Waals surface area contributed by atoms with Crippen molar-refractivity contribution < 1.29 is 19.1 Å². The van der Waals surface area contributed by atoms with Crippen molar-refractivity contribution in [2.75, 3.05) is 6.54 Å². The maximum absolute atomic E-state index is 12.9. The molecule has 1 aromatic rings. The molecule has 0 fully saturated rings. The number of amides is 1. The second-order valence-electron chi connectivity index (χ2n) is 4.77. The van der Waals surface area contributed by atoms with Gasteiger partial charge in [0.25, 0.3) is 5.91 Å². The van der Waals surface area contributed by atoms with Gasteiger partial charge in [-0.3, -0.25) is 14.6 Å². The molecule has 1 unspecified atom stereocenters. The zero-order valence-electron chi connectivity index (χ0n) is 10.9. The Hall–Kier alpha value is -1.98. The Bertz CT molecular complexity index is 463. The van der Waals surface area contributed by atoms with Gasteiger partial charge in [0.15, 0.2) is 0 Å². The Labute approximate surface area is 110 Å². The van der Waals surface area contributed by atoms with Gasteiger partial charge < -0.3 is 10.4 Å². The van der Waals surface area contributed by atoms with Crippen LogP contribution in [-0.2, 0) is 4.79 Å². The fraction of sp³-hybridized carbons (Fsp3) is 0.462. The number of carboxylic acids is 1. The molecule has 0 saturated carbocycles. The molecule has 0 radical (unpaired) electrons. The van der Waals surface area contributed by atoms with Crippen LogP contribution in [0.4, 0.5) is 4.39 Å². The molecule has 1 heterocycles. The fourth-order valence-electron chi connectivity index (χ4n) is 1.69. The highest BCUT2D eigenvalue weighted by Crippen LogP contribution is 2.11. The van der Waals surface area contributed by atoms with E-state index in [4.69, 9.17) is 5.11 Å². The van der Waals surface area contributed by atoms with Crippen LogP contribution in [0, 0.1) is 17.7 Å². The SMILES string of the molecule is CC(C)CC(CNC(=O)c1cncc(F)c1)C(=O)O. The summed E-state index contributed by atoms with van der Waals surface area (Å²) in [5, 5.41) is 11.5. The van der Waals surface area contributed by atoms with E-state index in [1.165, 1.54) is 6.20 Å². The third-order valence-electron chi connectivity index (χ3n) is 2.58. The molecule has 2 N–H and O–H groups in total. The van der Waals surface area contributed by atoms with Crippen molar-refractivity contribution >= 4 is 11.9 Å². The Morgan fingerprint density at radius 2 is 2.11 bits per heavy atom. The summed E-state index contributed by atoms with van der Waals surface area (Å²) < 4.78 is 12.9. The summed E-state index contributed by atoms with van der Waals surface area (Å²) >= 11 is 0. The van der Waals surface area contributed by atoms with E-state index < -0.39 is 23.6 Å². The van der Waals surface area contributed by atoms with Crippen LogP contribution in [0.1, 0.15) is 30.6 Å². The van der Waals surface area contributed by atoms with Crippen molar-refractivity contribution in [1.29, 1.82) is 0 Å². The predicted molar refractivity (Wildman–Crippen MR) is 67.1 cm³/mol. The number of carboxylic acid groups (broad SMARTS) is 1. The quantitative estimate of drug-likeness (QED) is 0.823. The molecule has 0 aromatic carbocycles. The minimum atomic E-state index is -0.952. The summed E-state index contributed by atoms with van der Waals surface area (Å²) in [6, 6.07) is 1.06. The van der Waals surface area contributed by atoms with E-state index in [9.17, 15) is 14.0 Å². The molecular formula is C13H17FN2O3. The number of aromatic nitrogens is 1. The Kier molecular flexibility index (Phi) is 5.41. The van der Waals surface area contributed by atoms with Crippen LogP contribution < -0.4 is 5.32 Å². The van der Waals surface area contributed by atoms with E-state index in [0.29, 0.717) is 6.42 Å². The zero-order valence-corrected chi connectivity index (χ0v) is 10.9. The lowest BCUT2D eigenvalue weighted by molar-refractivity contribution is -0.142. The van der Waals surface area contributed by atoms with Gasteiger partial charge in [-0.05, 0) is 18.4 Å². The van der Waals surface area contributed by atoms with E-state index in [1.54, 1.807) is 0 Å². The summed E-state index contributed by atoms with van der Waals surface area (Å²) in [7, 11) is 0. The molecule has 19 heavy (non-hydrogen) atoms. The number of carbonyl (C=O) groups excluding carboxylic acids is 1. The van der Waals surface area contributed by atoms with Crippen LogP contribution >= 0.6 is 0 Å². The number of pyridine rings is 1. The van der Waals surface area contributed by atoms with Crippen molar-refractivity contribution in [2.45, 2.75) is 20.3 Å². The summed E-state index contributed by atoms with van der Waals surface area (Å²) in [4.78, 5) is 26.3. The molecule has 0 aliphatic rings. The first kappa shape index (κ1) is 15.1. The van der Waals surface area contributed by atoms with Gasteiger partial charge in [-0.25, -0.2) is 4.39 Å². The highest BCUT2D eigenvalue weighted by Gasteiger charge is 2.20. The second kappa shape index (κ2) is 6.82. The summed E-state index contributed by atoms with van der Waals surface area (Å²) in [6.45, 7) is 3.84. The van der Waals surface area contributed by atoms with Gasteiger partial charge in [0.05, 0.1) is 17.7 Å². The zero-order chi connectivity index (χ0) is 14.4. The monoisotopic (exact) mass is 268 g/mol. The van der Waals surface area contributed by atoms with Gasteiger partial charge in [-0.15, -0.1) is 0 Å². The van der Waals surface area contributed by atoms with Crippen LogP contribution in [0.5, 0.6) is 0 Å². The molecule has 6 heteroatoms. The van der Waals surface area contributed by atoms with Crippen LogP contribution in [-0.4, -0.2) is 28.5 Å². The Balaban J connectivity index is 2.59. The minimum Gasteiger partial charge on any atom is -0.481 e. The topological polar surface area (TPSA) is 79.3 Å². The Morgan fingerprint density at radius 3 is 2.63 bits per heavy atom. The maximum atomic E-state index is 12.9. The maximum Gasteiger partial charge on any atom is 0.308 e. The number of halogens is 1. The van der Waals surface area contributed by atoms with Crippen LogP contribution in [0.3, 0.4) is 0 Å². The van der Waals surface area contributed by atoms with Gasteiger partial charge >= 0.3 is 5.97 Å². The van der Waals surface area contributed by atoms with Crippen LogP contribution in [0.2, 0.25) is 0 Å². The summed E-state index contributed by atoms with van der Waals surface area (Å²) in [5.41, 5.74) is 0.0775. The average molecular weight is 268 g/mol. The predicted octanol–water partition coefficient (Wildman–Crippen LogP) is 1.70. The van der Waals surface area contributed by atoms with Gasteiger partial charge in [0, 0.05) is 12.7 Å². The summed E-state index contributed by atoms with van der Waals surface area (Å²) in [6.07, 6.45) is 2.70. The van der Waals surface area contributed by atoms with E-state index in [2.05, 4.69) is 10.3 Å². The molecular weight excluding hydrogens is 251 g/mol. The van der Waals surface area contributed by atoms with Crippen LogP contribution in [0.25, 0.3) is 0 Å². The molecule has 1 atom stereocenters. The highest BCUT2D eigenvalue weighted by atomic mass is 19.1. The molecule has 1 aromatic heterocycles. The number of hydrogen-bond acceptors (Lipinski definition) is 3. The second-order valence-corrected chi connectivity index (χ2v) is 4.77. The molecule has 0 saturated heterocycles. The number of rotatable bonds is 6. The largest absolute Gasteiger partial charge is 0.481 e. The van der Waals surface area contributed by atoms with Gasteiger partial charge in [0.1, 0.15) is 5.82 Å². The lowest BCUT2D eigenvalue weighted by atomic mass is 9.97. The van der Waals surface area contributed by atoms with Crippen molar-refractivity contribution in [1.82, 2.24) is 10.3 Å². The average Bonchev–Trinajstić information content (AvgIpc) is 2.33. The lowest BCUT2D eigenvalue weighted by Gasteiger charge is -2.15. The molecule has 0 aliphatic heterocycles. The number of hydrogen-bond donors (Lipinski definition) is 2. The van der Waals surface area contributed by atoms with Gasteiger partial charge in [-0.1, -0.05) is 13.8 Å². The molecule has 0 aliphatic carbocycles. The fourth-order valence-corrected chi connectivity index (χ4v) is 1.69. The van der Waals surface area contributed by atoms with Crippen molar-refractivity contribution in [3.05, 3.63) is 29.8 Å². The third-order valence-corrected chi connectivity index (χ3v) is 2.58. The first-order valence-electron chi connectivity index (χ1n) is 6.01. The molecule has 0 bridgehead atoms. The molecule has 0 spiro atoms. The molecule has 1 amide bonds. The van der Waals surface area contributed by atoms with E-state index in [0.717, 1.165) is 12.3 Å². The van der Waals surface area contributed by atoms with Crippen LogP contribution in [0.15, 0.2) is 18.5 Å². The van der Waals surface area contributed by atoms with Gasteiger partial charge in [-0.2, -0.15) is 0 Å². The minimum absolute atomic E-state index is 0.0167. The Morgan fingerprint density at radius 1 is 1.42 bits per heavy atom. The van der Waals surface area contributed by atoms with E-state index >= 15 is 0 Å². The number of carbonyl (C=O) groups is 2. The van der Waals surface area contributed by atoms with Crippen molar-refractivity contribution in [3.8, 4) is 0 Å². The van der Waals surface area contributed by atoms with Crippen molar-refractivity contribution in [2.24, 2.45) is 11.8 Å². The summed E-state index contributed by atoms with van der Waals surface area (Å²) in [5.74, 6) is -2.52. The molecule has 104 valence electrons. The number of aliphatic carboxylic acids is 1. The standard InChI is InChI=1S/C13H17FN2O3/c1-8(2)3-10(13(18)19)6-16-12(17)9-4-11(14)7-15-5-9/h4-5,7-8,10H,3,6H2,1-2H3,(H,16,17)(H,18,19). The first-order valence-corrected chi connectivity index (χ1v) is 6.01. The first-order chi connectivity index (χ1) is 8.90. The lowest BCUT2D eigenvalue weighted by Crippen LogP contribution is -2.33. The smallest absolute Gasteiger partial charge is 0.308 e. The highest BCUT2D eigenvalue weighted by molar-refractivity contribution is 5.94. The molecule has 5 nitrogen and oxygen atoms in total. The van der Waals surface area contributed by atoms with Gasteiger partial charge in [0.2, 0.25) is 0 Å². The normalized spacial score (nSPS) is 12.2. The van der Waals surface area contributed by atoms with E-state index in [1.807, 2.05) is 13.8 Å². The number of nitrogens with one attached hydrogen (secondary N) is 1. The number of nitrogens with zero attached hydrogens (tertiary/aromatic N) is 1.